The summed E-state index contributed by atoms with van der Waals surface area (Å²) in [6.07, 6.45) is -4.80. The summed E-state index contributed by atoms with van der Waals surface area (Å²) in [4.78, 5) is 0. The fraction of sp³-hybridized carbons (Fsp3) is 0.143. The molecule has 0 aliphatic carbocycles. The van der Waals surface area contributed by atoms with E-state index in [0.29, 0.717) is 0 Å². The molecule has 0 atom stereocenters. The Labute approximate surface area is 82.4 Å². The molecule has 0 saturated carbocycles. The van der Waals surface area contributed by atoms with Gasteiger partial charge in [-0.1, -0.05) is 11.6 Å². The quantitative estimate of drug-likeness (QED) is 0.723. The van der Waals surface area contributed by atoms with Crippen molar-refractivity contribution in [2.75, 3.05) is 11.5 Å². The third-order valence-electron chi connectivity index (χ3n) is 1.42. The Hall–Kier alpha value is -1.30. The highest BCUT2D eigenvalue weighted by Gasteiger charge is 2.32. The number of nitrogen functional groups attached to an aromatic ring is 2. The highest BCUT2D eigenvalue weighted by atomic mass is 35.5. The van der Waals surface area contributed by atoms with Crippen molar-refractivity contribution >= 4 is 23.0 Å². The second-order valence-electron chi connectivity index (χ2n) is 2.42. The molecule has 0 spiro atoms. The van der Waals surface area contributed by atoms with Crippen molar-refractivity contribution in [1.82, 2.24) is 0 Å². The average Bonchev–Trinajstić information content (AvgIpc) is 2.04. The highest BCUT2D eigenvalue weighted by molar-refractivity contribution is 6.33. The van der Waals surface area contributed by atoms with Crippen LogP contribution in [-0.2, 0) is 0 Å². The van der Waals surface area contributed by atoms with Gasteiger partial charge < -0.3 is 16.2 Å². The molecule has 1 rings (SSSR count). The Balaban J connectivity index is 3.06. The van der Waals surface area contributed by atoms with E-state index in [1.807, 2.05) is 0 Å². The van der Waals surface area contributed by atoms with Crippen LogP contribution < -0.4 is 16.2 Å². The monoisotopic (exact) mass is 226 g/mol. The van der Waals surface area contributed by atoms with E-state index in [-0.39, 0.29) is 16.4 Å². The maximum Gasteiger partial charge on any atom is 0.573 e. The summed E-state index contributed by atoms with van der Waals surface area (Å²) in [5.74, 6) is -0.556. The van der Waals surface area contributed by atoms with E-state index < -0.39 is 12.1 Å². The number of anilines is 2. The van der Waals surface area contributed by atoms with Gasteiger partial charge in [-0.3, -0.25) is 0 Å². The van der Waals surface area contributed by atoms with Gasteiger partial charge in [-0.15, -0.1) is 13.2 Å². The number of benzene rings is 1. The summed E-state index contributed by atoms with van der Waals surface area (Å²) >= 11 is 5.52. The Bertz CT molecular complexity index is 354. The molecule has 0 bridgehead atoms. The smallest absolute Gasteiger partial charge is 0.403 e. The number of ether oxygens (including phenoxy) is 1. The average molecular weight is 227 g/mol. The van der Waals surface area contributed by atoms with Crippen LogP contribution in [0.5, 0.6) is 5.75 Å². The van der Waals surface area contributed by atoms with Crippen molar-refractivity contribution in [1.29, 1.82) is 0 Å². The first-order valence-electron chi connectivity index (χ1n) is 3.40. The predicted molar refractivity (Wildman–Crippen MR) is 47.0 cm³/mol. The van der Waals surface area contributed by atoms with E-state index in [9.17, 15) is 13.2 Å². The zero-order valence-electron chi connectivity index (χ0n) is 6.73. The molecule has 7 heteroatoms. The summed E-state index contributed by atoms with van der Waals surface area (Å²) < 4.78 is 39.0. The molecular formula is C7H6ClF3N2O. The van der Waals surface area contributed by atoms with E-state index in [4.69, 9.17) is 23.1 Å². The number of nitrogens with two attached hydrogens (primary N) is 2. The van der Waals surface area contributed by atoms with Gasteiger partial charge >= 0.3 is 6.36 Å². The second kappa shape index (κ2) is 3.45. The minimum Gasteiger partial charge on any atom is -0.403 e. The lowest BCUT2D eigenvalue weighted by Crippen LogP contribution is -2.18. The zero-order valence-corrected chi connectivity index (χ0v) is 7.49. The molecule has 78 valence electrons. The summed E-state index contributed by atoms with van der Waals surface area (Å²) in [6.45, 7) is 0. The minimum absolute atomic E-state index is 0.0806. The molecule has 14 heavy (non-hydrogen) atoms. The lowest BCUT2D eigenvalue weighted by atomic mass is 10.2. The van der Waals surface area contributed by atoms with E-state index in [2.05, 4.69) is 4.74 Å². The number of halogens is 4. The normalized spacial score (nSPS) is 11.4. The fourth-order valence-corrected chi connectivity index (χ4v) is 0.968. The molecule has 0 aromatic heterocycles. The molecule has 0 amide bonds. The van der Waals surface area contributed by atoms with Gasteiger partial charge in [-0.25, -0.2) is 0 Å². The minimum atomic E-state index is -4.80. The number of rotatable bonds is 1. The van der Waals surface area contributed by atoms with Crippen LogP contribution in [0.4, 0.5) is 24.5 Å². The van der Waals surface area contributed by atoms with Crippen molar-refractivity contribution in [3.05, 3.63) is 17.2 Å². The maximum atomic E-state index is 11.8. The van der Waals surface area contributed by atoms with E-state index in [1.165, 1.54) is 6.07 Å². The first-order valence-corrected chi connectivity index (χ1v) is 3.78. The summed E-state index contributed by atoms with van der Waals surface area (Å²) in [7, 11) is 0. The third kappa shape index (κ3) is 2.35. The first-order chi connectivity index (χ1) is 6.31. The molecular weight excluding hydrogens is 221 g/mol. The predicted octanol–water partition coefficient (Wildman–Crippen LogP) is 2.40. The molecule has 0 heterocycles. The summed E-state index contributed by atoms with van der Waals surface area (Å²) in [5.41, 5.74) is 10.1. The molecule has 1 aromatic carbocycles. The molecule has 0 radical (unpaired) electrons. The second-order valence-corrected chi connectivity index (χ2v) is 2.83. The molecule has 1 aromatic rings. The summed E-state index contributed by atoms with van der Waals surface area (Å²) in [6, 6.07) is 2.18. The third-order valence-corrected chi connectivity index (χ3v) is 1.75. The van der Waals surface area contributed by atoms with Crippen LogP contribution in [0.2, 0.25) is 5.02 Å². The van der Waals surface area contributed by atoms with E-state index in [1.54, 1.807) is 0 Å². The van der Waals surface area contributed by atoms with Crippen LogP contribution in [-0.4, -0.2) is 6.36 Å². The van der Waals surface area contributed by atoms with Gasteiger partial charge in [0.25, 0.3) is 0 Å². The number of hydrogen-bond donors (Lipinski definition) is 2. The van der Waals surface area contributed by atoms with Crippen molar-refractivity contribution < 1.29 is 17.9 Å². The van der Waals surface area contributed by atoms with Crippen molar-refractivity contribution in [3.8, 4) is 5.75 Å². The molecule has 0 fully saturated rings. The van der Waals surface area contributed by atoms with Gasteiger partial charge in [0.2, 0.25) is 0 Å². The fourth-order valence-electron chi connectivity index (χ4n) is 0.803. The topological polar surface area (TPSA) is 61.3 Å². The van der Waals surface area contributed by atoms with Crippen LogP contribution >= 0.6 is 11.6 Å². The maximum absolute atomic E-state index is 11.8. The lowest BCUT2D eigenvalue weighted by Gasteiger charge is -2.12. The van der Waals surface area contributed by atoms with Gasteiger partial charge in [-0.2, -0.15) is 0 Å². The van der Waals surface area contributed by atoms with Crippen molar-refractivity contribution in [2.24, 2.45) is 0 Å². The van der Waals surface area contributed by atoms with Crippen LogP contribution in [0.15, 0.2) is 12.1 Å². The molecule has 3 nitrogen and oxygen atoms in total. The van der Waals surface area contributed by atoms with Crippen molar-refractivity contribution in [2.45, 2.75) is 6.36 Å². The number of alkyl halides is 3. The van der Waals surface area contributed by atoms with E-state index in [0.717, 1.165) is 6.07 Å². The first kappa shape index (κ1) is 10.8. The highest BCUT2D eigenvalue weighted by Crippen LogP contribution is 2.36. The standard InChI is InChI=1S/C7H6ClF3N2O/c8-3-1-2-4(6(13)5(3)12)14-7(9,10)11/h1-2H,12-13H2. The lowest BCUT2D eigenvalue weighted by molar-refractivity contribution is -0.274. The molecule has 0 saturated heterocycles. The Morgan fingerprint density at radius 1 is 1.14 bits per heavy atom. The van der Waals surface area contributed by atoms with Gasteiger partial charge in [-0.05, 0) is 12.1 Å². The zero-order chi connectivity index (χ0) is 10.9. The van der Waals surface area contributed by atoms with Crippen LogP contribution in [0, 0.1) is 0 Å². The largest absolute Gasteiger partial charge is 0.573 e. The van der Waals surface area contributed by atoms with Crippen LogP contribution in [0.3, 0.4) is 0 Å². The molecule has 0 unspecified atom stereocenters. The Morgan fingerprint density at radius 2 is 1.71 bits per heavy atom. The number of hydrogen-bond acceptors (Lipinski definition) is 3. The molecule has 4 N–H and O–H groups in total. The van der Waals surface area contributed by atoms with Gasteiger partial charge in [0.1, 0.15) is 0 Å². The van der Waals surface area contributed by atoms with Gasteiger partial charge in [0.05, 0.1) is 16.4 Å². The SMILES string of the molecule is Nc1c(Cl)ccc(OC(F)(F)F)c1N. The van der Waals surface area contributed by atoms with Gasteiger partial charge in [0, 0.05) is 0 Å². The molecule has 0 aliphatic rings. The van der Waals surface area contributed by atoms with E-state index >= 15 is 0 Å². The Morgan fingerprint density at radius 3 is 2.21 bits per heavy atom. The van der Waals surface area contributed by atoms with Gasteiger partial charge in [0.15, 0.2) is 5.75 Å². The summed E-state index contributed by atoms with van der Waals surface area (Å²) in [5, 5.41) is 0.0806. The van der Waals surface area contributed by atoms with Crippen LogP contribution in [0.25, 0.3) is 0 Å². The Kier molecular flexibility index (Phi) is 2.66. The molecule has 0 aliphatic heterocycles. The van der Waals surface area contributed by atoms with Crippen molar-refractivity contribution in [3.63, 3.8) is 0 Å². The van der Waals surface area contributed by atoms with Crippen LogP contribution in [0.1, 0.15) is 0 Å².